The quantitative estimate of drug-likeness (QED) is 0.899. The van der Waals surface area contributed by atoms with Crippen molar-refractivity contribution in [2.75, 3.05) is 44.7 Å². The molecule has 1 atom stereocenters. The Morgan fingerprint density at radius 3 is 2.62 bits per heavy atom. The van der Waals surface area contributed by atoms with Crippen LogP contribution in [0.25, 0.3) is 0 Å². The van der Waals surface area contributed by atoms with E-state index in [-0.39, 0.29) is 5.91 Å². The fourth-order valence-electron chi connectivity index (χ4n) is 3.69. The molecule has 1 aromatic carbocycles. The van der Waals surface area contributed by atoms with Gasteiger partial charge in [-0.25, -0.2) is 0 Å². The topological polar surface area (TPSA) is 44.8 Å². The van der Waals surface area contributed by atoms with E-state index in [0.29, 0.717) is 6.04 Å². The molecule has 1 amide bonds. The van der Waals surface area contributed by atoms with Crippen LogP contribution in [0.1, 0.15) is 31.7 Å². The molecular formula is C19H29N3O2. The van der Waals surface area contributed by atoms with Crippen molar-refractivity contribution in [1.82, 2.24) is 9.80 Å². The maximum atomic E-state index is 11.1. The smallest absolute Gasteiger partial charge is 0.221 e. The molecule has 1 aromatic rings. The first-order valence-corrected chi connectivity index (χ1v) is 9.11. The van der Waals surface area contributed by atoms with Gasteiger partial charge in [-0.05, 0) is 37.1 Å². The molecule has 0 radical (unpaired) electrons. The Bertz CT molecular complexity index is 526. The molecule has 132 valence electrons. The minimum absolute atomic E-state index is 0.0237. The average molecular weight is 331 g/mol. The number of nitrogens with one attached hydrogen (secondary N) is 1. The van der Waals surface area contributed by atoms with Crippen molar-refractivity contribution in [2.45, 2.75) is 38.8 Å². The zero-order valence-electron chi connectivity index (χ0n) is 14.7. The number of carbonyl (C=O) groups is 1. The van der Waals surface area contributed by atoms with Crippen LogP contribution in [-0.4, -0.2) is 61.1 Å². The largest absolute Gasteiger partial charge is 0.379 e. The normalized spacial score (nSPS) is 23.1. The number of benzene rings is 1. The summed E-state index contributed by atoms with van der Waals surface area (Å²) in [6.45, 7) is 8.75. The van der Waals surface area contributed by atoms with E-state index >= 15 is 0 Å². The highest BCUT2D eigenvalue weighted by atomic mass is 16.5. The summed E-state index contributed by atoms with van der Waals surface area (Å²) >= 11 is 0. The molecule has 2 fully saturated rings. The van der Waals surface area contributed by atoms with Gasteiger partial charge in [0.05, 0.1) is 13.2 Å². The van der Waals surface area contributed by atoms with Crippen molar-refractivity contribution in [1.29, 1.82) is 0 Å². The first-order chi connectivity index (χ1) is 11.7. The summed E-state index contributed by atoms with van der Waals surface area (Å²) in [6.07, 6.45) is 3.93. The van der Waals surface area contributed by atoms with Gasteiger partial charge in [-0.15, -0.1) is 0 Å². The Hall–Kier alpha value is -1.43. The minimum atomic E-state index is -0.0237. The van der Waals surface area contributed by atoms with Crippen molar-refractivity contribution >= 4 is 11.6 Å². The van der Waals surface area contributed by atoms with Crippen LogP contribution >= 0.6 is 0 Å². The van der Waals surface area contributed by atoms with Crippen LogP contribution in [0.3, 0.4) is 0 Å². The van der Waals surface area contributed by atoms with Gasteiger partial charge in [0.15, 0.2) is 0 Å². The second-order valence-corrected chi connectivity index (χ2v) is 6.91. The molecule has 2 heterocycles. The average Bonchev–Trinajstić information content (AvgIpc) is 2.59. The molecule has 2 saturated heterocycles. The van der Waals surface area contributed by atoms with Crippen molar-refractivity contribution < 1.29 is 9.53 Å². The third kappa shape index (κ3) is 5.03. The minimum Gasteiger partial charge on any atom is -0.379 e. The molecule has 0 aromatic heterocycles. The first kappa shape index (κ1) is 17.4. The predicted octanol–water partition coefficient (Wildman–Crippen LogP) is 2.33. The lowest BCUT2D eigenvalue weighted by molar-refractivity contribution is -0.114. The Balaban J connectivity index is 1.57. The lowest BCUT2D eigenvalue weighted by Crippen LogP contribution is -2.49. The number of likely N-dealkylation sites (tertiary alicyclic amines) is 1. The molecule has 0 bridgehead atoms. The Kier molecular flexibility index (Phi) is 6.24. The summed E-state index contributed by atoms with van der Waals surface area (Å²) in [5.74, 6) is -0.0237. The number of hydrogen-bond donors (Lipinski definition) is 1. The van der Waals surface area contributed by atoms with Gasteiger partial charge in [0.25, 0.3) is 0 Å². The number of amides is 1. The van der Waals surface area contributed by atoms with Gasteiger partial charge in [-0.1, -0.05) is 18.6 Å². The maximum absolute atomic E-state index is 11.1. The fraction of sp³-hybridized carbons (Fsp3) is 0.632. The van der Waals surface area contributed by atoms with Gasteiger partial charge < -0.3 is 10.1 Å². The van der Waals surface area contributed by atoms with Gasteiger partial charge >= 0.3 is 0 Å². The van der Waals surface area contributed by atoms with E-state index < -0.39 is 0 Å². The van der Waals surface area contributed by atoms with E-state index in [2.05, 4.69) is 27.2 Å². The number of carbonyl (C=O) groups excluding carboxylic acids is 1. The molecular weight excluding hydrogens is 302 g/mol. The molecule has 0 spiro atoms. The Morgan fingerprint density at radius 2 is 1.92 bits per heavy atom. The van der Waals surface area contributed by atoms with Crippen molar-refractivity contribution in [2.24, 2.45) is 0 Å². The van der Waals surface area contributed by atoms with Gasteiger partial charge in [-0.3, -0.25) is 14.6 Å². The van der Waals surface area contributed by atoms with E-state index in [4.69, 9.17) is 4.74 Å². The van der Waals surface area contributed by atoms with Crippen LogP contribution < -0.4 is 5.32 Å². The molecule has 0 saturated carbocycles. The summed E-state index contributed by atoms with van der Waals surface area (Å²) in [4.78, 5) is 16.3. The highest BCUT2D eigenvalue weighted by Crippen LogP contribution is 2.21. The first-order valence-electron chi connectivity index (χ1n) is 9.11. The monoisotopic (exact) mass is 331 g/mol. The summed E-state index contributed by atoms with van der Waals surface area (Å²) < 4.78 is 5.46. The third-order valence-corrected chi connectivity index (χ3v) is 4.98. The molecule has 2 aliphatic rings. The zero-order valence-corrected chi connectivity index (χ0v) is 14.7. The molecule has 2 aliphatic heterocycles. The number of ether oxygens (including phenoxy) is 1. The van der Waals surface area contributed by atoms with Gasteiger partial charge in [0.1, 0.15) is 0 Å². The fourth-order valence-corrected chi connectivity index (χ4v) is 3.69. The lowest BCUT2D eigenvalue weighted by Gasteiger charge is -2.39. The van der Waals surface area contributed by atoms with Crippen LogP contribution in [0.15, 0.2) is 24.3 Å². The molecule has 0 aliphatic carbocycles. The molecule has 5 nitrogen and oxygen atoms in total. The lowest BCUT2D eigenvalue weighted by atomic mass is 10.0. The summed E-state index contributed by atoms with van der Waals surface area (Å²) in [7, 11) is 0. The van der Waals surface area contributed by atoms with Crippen molar-refractivity contribution in [3.63, 3.8) is 0 Å². The maximum Gasteiger partial charge on any atom is 0.221 e. The van der Waals surface area contributed by atoms with Crippen molar-refractivity contribution in [3.05, 3.63) is 29.8 Å². The second kappa shape index (κ2) is 8.60. The SMILES string of the molecule is CC(=O)Nc1ccc(CN2CCCC[C@@H]2CN2CCOCC2)cc1. The number of morpholine rings is 1. The van der Waals surface area contributed by atoms with E-state index in [1.807, 2.05) is 12.1 Å². The molecule has 0 unspecified atom stereocenters. The van der Waals surface area contributed by atoms with E-state index in [1.54, 1.807) is 0 Å². The second-order valence-electron chi connectivity index (χ2n) is 6.91. The van der Waals surface area contributed by atoms with Crippen molar-refractivity contribution in [3.8, 4) is 0 Å². The summed E-state index contributed by atoms with van der Waals surface area (Å²) in [6, 6.07) is 8.90. The Labute approximate surface area is 145 Å². The highest BCUT2D eigenvalue weighted by Gasteiger charge is 2.25. The van der Waals surface area contributed by atoms with Crippen LogP contribution in [0.5, 0.6) is 0 Å². The van der Waals surface area contributed by atoms with Crippen LogP contribution in [0.2, 0.25) is 0 Å². The van der Waals surface area contributed by atoms with E-state index in [1.165, 1.54) is 38.3 Å². The molecule has 5 heteroatoms. The number of rotatable bonds is 5. The van der Waals surface area contributed by atoms with Gasteiger partial charge in [-0.2, -0.15) is 0 Å². The van der Waals surface area contributed by atoms with Gasteiger partial charge in [0.2, 0.25) is 5.91 Å². The third-order valence-electron chi connectivity index (χ3n) is 4.98. The number of hydrogen-bond acceptors (Lipinski definition) is 4. The molecule has 24 heavy (non-hydrogen) atoms. The highest BCUT2D eigenvalue weighted by molar-refractivity contribution is 5.88. The number of nitrogens with zero attached hydrogens (tertiary/aromatic N) is 2. The number of piperidine rings is 1. The van der Waals surface area contributed by atoms with Gasteiger partial charge in [0, 0.05) is 44.8 Å². The zero-order chi connectivity index (χ0) is 16.8. The standard InChI is InChI=1S/C19H29N3O2/c1-16(23)20-18-7-5-17(6-8-18)14-22-9-3-2-4-19(22)15-21-10-12-24-13-11-21/h5-8,19H,2-4,9-15H2,1H3,(H,20,23)/t19-/m1/s1. The molecule has 1 N–H and O–H groups in total. The van der Waals surface area contributed by atoms with E-state index in [9.17, 15) is 4.79 Å². The van der Waals surface area contributed by atoms with Crippen LogP contribution in [-0.2, 0) is 16.1 Å². The summed E-state index contributed by atoms with van der Waals surface area (Å²) in [5, 5.41) is 2.83. The van der Waals surface area contributed by atoms with E-state index in [0.717, 1.165) is 45.1 Å². The Morgan fingerprint density at radius 1 is 1.17 bits per heavy atom. The number of anilines is 1. The van der Waals surface area contributed by atoms with Crippen LogP contribution in [0.4, 0.5) is 5.69 Å². The summed E-state index contributed by atoms with van der Waals surface area (Å²) in [5.41, 5.74) is 2.19. The predicted molar refractivity (Wildman–Crippen MR) is 96.1 cm³/mol. The molecule has 3 rings (SSSR count). The van der Waals surface area contributed by atoms with Crippen LogP contribution in [0, 0.1) is 0 Å².